The van der Waals surface area contributed by atoms with E-state index in [2.05, 4.69) is 10.1 Å². The van der Waals surface area contributed by atoms with Gasteiger partial charge in [0, 0.05) is 6.07 Å². The molecule has 5 heteroatoms. The number of ether oxygens (including phenoxy) is 2. The zero-order chi connectivity index (χ0) is 13.8. The molecule has 0 spiro atoms. The van der Waals surface area contributed by atoms with Gasteiger partial charge in [-0.3, -0.25) is 0 Å². The van der Waals surface area contributed by atoms with Crippen molar-refractivity contribution in [3.63, 3.8) is 0 Å². The average molecular weight is 255 g/mol. The summed E-state index contributed by atoms with van der Waals surface area (Å²) in [6.07, 6.45) is 0. The molecular weight excluding hydrogens is 237 g/mol. The summed E-state index contributed by atoms with van der Waals surface area (Å²) in [5.74, 6) is -0.391. The first kappa shape index (κ1) is 14.4. The minimum absolute atomic E-state index is 0.0542. The van der Waals surface area contributed by atoms with Crippen molar-refractivity contribution in [1.82, 2.24) is 5.32 Å². The Kier molecular flexibility index (Phi) is 4.67. The molecule has 1 aromatic carbocycles. The van der Waals surface area contributed by atoms with Crippen LogP contribution in [0.25, 0.3) is 0 Å². The second-order valence-corrected chi connectivity index (χ2v) is 4.27. The van der Waals surface area contributed by atoms with Crippen LogP contribution in [0.5, 0.6) is 5.75 Å². The quantitative estimate of drug-likeness (QED) is 0.813. The molecule has 0 aliphatic heterocycles. The zero-order valence-electron chi connectivity index (χ0n) is 11.0. The van der Waals surface area contributed by atoms with Gasteiger partial charge >= 0.3 is 5.97 Å². The second kappa shape index (κ2) is 5.82. The SMILES string of the molecule is CNC(C)(COc1ccc(C)c(F)c1)C(=O)OC. The molecule has 4 nitrogen and oxygen atoms in total. The van der Waals surface area contributed by atoms with Crippen molar-refractivity contribution >= 4 is 5.97 Å². The normalized spacial score (nSPS) is 13.8. The Labute approximate surface area is 106 Å². The van der Waals surface area contributed by atoms with Gasteiger partial charge in [0.05, 0.1) is 7.11 Å². The van der Waals surface area contributed by atoms with Crippen LogP contribution in [0.1, 0.15) is 12.5 Å². The maximum atomic E-state index is 13.3. The van der Waals surface area contributed by atoms with Gasteiger partial charge in [0.2, 0.25) is 0 Å². The van der Waals surface area contributed by atoms with Crippen molar-refractivity contribution in [2.75, 3.05) is 20.8 Å². The number of likely N-dealkylation sites (N-methyl/N-ethyl adjacent to an activating group) is 1. The lowest BCUT2D eigenvalue weighted by atomic mass is 10.1. The number of nitrogens with one attached hydrogen (secondary N) is 1. The number of hydrogen-bond donors (Lipinski definition) is 1. The molecule has 0 amide bonds. The molecule has 1 unspecified atom stereocenters. The summed E-state index contributed by atoms with van der Waals surface area (Å²) in [5, 5.41) is 2.83. The highest BCUT2D eigenvalue weighted by molar-refractivity contribution is 5.80. The van der Waals surface area contributed by atoms with Crippen LogP contribution >= 0.6 is 0 Å². The smallest absolute Gasteiger partial charge is 0.329 e. The van der Waals surface area contributed by atoms with Gasteiger partial charge in [-0.25, -0.2) is 9.18 Å². The number of halogens is 1. The van der Waals surface area contributed by atoms with Crippen molar-refractivity contribution in [3.05, 3.63) is 29.6 Å². The molecule has 1 rings (SSSR count). The highest BCUT2D eigenvalue weighted by Gasteiger charge is 2.33. The molecule has 0 bridgehead atoms. The van der Waals surface area contributed by atoms with Crippen LogP contribution < -0.4 is 10.1 Å². The predicted octanol–water partition coefficient (Wildman–Crippen LogP) is 1.66. The van der Waals surface area contributed by atoms with Crippen LogP contribution in [0.4, 0.5) is 4.39 Å². The first-order valence-electron chi connectivity index (χ1n) is 5.59. The van der Waals surface area contributed by atoms with Crippen LogP contribution in [0.3, 0.4) is 0 Å². The van der Waals surface area contributed by atoms with Crippen LogP contribution in [-0.4, -0.2) is 32.3 Å². The van der Waals surface area contributed by atoms with Crippen LogP contribution in [0.15, 0.2) is 18.2 Å². The molecule has 1 N–H and O–H groups in total. The molecule has 18 heavy (non-hydrogen) atoms. The predicted molar refractivity (Wildman–Crippen MR) is 66.1 cm³/mol. The Morgan fingerprint density at radius 2 is 2.17 bits per heavy atom. The number of esters is 1. The summed E-state index contributed by atoms with van der Waals surface area (Å²) in [4.78, 5) is 11.6. The minimum Gasteiger partial charge on any atom is -0.491 e. The summed E-state index contributed by atoms with van der Waals surface area (Å²) >= 11 is 0. The van der Waals surface area contributed by atoms with E-state index in [4.69, 9.17) is 4.74 Å². The van der Waals surface area contributed by atoms with Crippen molar-refractivity contribution in [3.8, 4) is 5.75 Å². The van der Waals surface area contributed by atoms with Crippen molar-refractivity contribution < 1.29 is 18.7 Å². The van der Waals surface area contributed by atoms with E-state index in [1.807, 2.05) is 0 Å². The third-order valence-electron chi connectivity index (χ3n) is 2.86. The number of methoxy groups -OCH3 is 1. The van der Waals surface area contributed by atoms with E-state index in [9.17, 15) is 9.18 Å². The van der Waals surface area contributed by atoms with E-state index in [1.54, 1.807) is 33.0 Å². The Bertz CT molecular complexity index is 436. The fraction of sp³-hybridized carbons (Fsp3) is 0.462. The van der Waals surface area contributed by atoms with E-state index in [0.717, 1.165) is 0 Å². The largest absolute Gasteiger partial charge is 0.491 e. The summed E-state index contributed by atoms with van der Waals surface area (Å²) < 4.78 is 23.4. The number of hydrogen-bond acceptors (Lipinski definition) is 4. The average Bonchev–Trinajstić information content (AvgIpc) is 2.38. The molecule has 1 aromatic rings. The fourth-order valence-corrected chi connectivity index (χ4v) is 1.35. The Morgan fingerprint density at radius 3 is 2.67 bits per heavy atom. The molecule has 0 aliphatic carbocycles. The van der Waals surface area contributed by atoms with E-state index in [1.165, 1.54) is 13.2 Å². The van der Waals surface area contributed by atoms with Gasteiger partial charge in [-0.15, -0.1) is 0 Å². The lowest BCUT2D eigenvalue weighted by molar-refractivity contribution is -0.148. The van der Waals surface area contributed by atoms with Crippen LogP contribution in [0, 0.1) is 12.7 Å². The summed E-state index contributed by atoms with van der Waals surface area (Å²) in [6, 6.07) is 4.58. The van der Waals surface area contributed by atoms with E-state index in [-0.39, 0.29) is 12.4 Å². The third-order valence-corrected chi connectivity index (χ3v) is 2.86. The molecule has 0 saturated heterocycles. The monoisotopic (exact) mass is 255 g/mol. The van der Waals surface area contributed by atoms with E-state index >= 15 is 0 Å². The van der Waals surface area contributed by atoms with Gasteiger partial charge in [0.15, 0.2) is 0 Å². The minimum atomic E-state index is -0.962. The molecule has 0 heterocycles. The fourth-order valence-electron chi connectivity index (χ4n) is 1.35. The lowest BCUT2D eigenvalue weighted by Gasteiger charge is -2.25. The van der Waals surface area contributed by atoms with Crippen molar-refractivity contribution in [2.45, 2.75) is 19.4 Å². The van der Waals surface area contributed by atoms with Gasteiger partial charge in [0.25, 0.3) is 0 Å². The van der Waals surface area contributed by atoms with Gasteiger partial charge in [-0.1, -0.05) is 6.07 Å². The second-order valence-electron chi connectivity index (χ2n) is 4.27. The van der Waals surface area contributed by atoms with Gasteiger partial charge in [-0.05, 0) is 32.5 Å². The molecular formula is C13H18FNO3. The van der Waals surface area contributed by atoms with Crippen LogP contribution in [0.2, 0.25) is 0 Å². The highest BCUT2D eigenvalue weighted by atomic mass is 19.1. The van der Waals surface area contributed by atoms with Crippen LogP contribution in [-0.2, 0) is 9.53 Å². The molecule has 0 aromatic heterocycles. The van der Waals surface area contributed by atoms with Crippen molar-refractivity contribution in [2.24, 2.45) is 0 Å². The maximum Gasteiger partial charge on any atom is 0.329 e. The lowest BCUT2D eigenvalue weighted by Crippen LogP contribution is -2.52. The summed E-state index contributed by atoms with van der Waals surface area (Å²) in [5.41, 5.74) is -0.414. The zero-order valence-corrected chi connectivity index (χ0v) is 11.0. The Hall–Kier alpha value is -1.62. The third kappa shape index (κ3) is 3.20. The van der Waals surface area contributed by atoms with Gasteiger partial charge < -0.3 is 14.8 Å². The van der Waals surface area contributed by atoms with E-state index in [0.29, 0.717) is 11.3 Å². The topological polar surface area (TPSA) is 47.6 Å². The molecule has 1 atom stereocenters. The summed E-state index contributed by atoms with van der Waals surface area (Å²) in [7, 11) is 2.94. The standard InChI is InChI=1S/C13H18FNO3/c1-9-5-6-10(7-11(9)14)18-8-13(2,15-3)12(16)17-4/h5-7,15H,8H2,1-4H3. The molecule has 100 valence electrons. The number of aryl methyl sites for hydroxylation is 1. The summed E-state index contributed by atoms with van der Waals surface area (Å²) in [6.45, 7) is 3.38. The number of benzene rings is 1. The maximum absolute atomic E-state index is 13.3. The van der Waals surface area contributed by atoms with Gasteiger partial charge in [0.1, 0.15) is 23.7 Å². The highest BCUT2D eigenvalue weighted by Crippen LogP contribution is 2.17. The first-order valence-corrected chi connectivity index (χ1v) is 5.59. The van der Waals surface area contributed by atoms with E-state index < -0.39 is 11.5 Å². The molecule has 0 fully saturated rings. The Morgan fingerprint density at radius 1 is 1.50 bits per heavy atom. The van der Waals surface area contributed by atoms with Crippen molar-refractivity contribution in [1.29, 1.82) is 0 Å². The van der Waals surface area contributed by atoms with Gasteiger partial charge in [-0.2, -0.15) is 0 Å². The number of carbonyl (C=O) groups is 1. The number of carbonyl (C=O) groups excluding carboxylic acids is 1. The molecule has 0 radical (unpaired) electrons. The first-order chi connectivity index (χ1) is 8.42. The number of rotatable bonds is 5. The molecule has 0 aliphatic rings. The molecule has 0 saturated carbocycles. The Balaban J connectivity index is 2.73.